The molecule has 0 aliphatic heterocycles. The van der Waals surface area contributed by atoms with Gasteiger partial charge in [-0.3, -0.25) is 4.57 Å². The van der Waals surface area contributed by atoms with Crippen LogP contribution >= 0.6 is 27.5 Å². The zero-order valence-electron chi connectivity index (χ0n) is 10.2. The number of rotatable bonds is 3. The molecule has 0 amide bonds. The van der Waals surface area contributed by atoms with Crippen LogP contribution in [0.4, 0.5) is 0 Å². The number of aryl methyl sites for hydroxylation is 1. The van der Waals surface area contributed by atoms with E-state index < -0.39 is 0 Å². The largest absolute Gasteiger partial charge is 0.296 e. The summed E-state index contributed by atoms with van der Waals surface area (Å²) in [6.45, 7) is 0. The first kappa shape index (κ1) is 12.7. The van der Waals surface area contributed by atoms with E-state index in [9.17, 15) is 0 Å². The van der Waals surface area contributed by atoms with Crippen LogP contribution in [0.5, 0.6) is 0 Å². The molecule has 3 rings (SSSR count). The van der Waals surface area contributed by atoms with Gasteiger partial charge in [-0.2, -0.15) is 0 Å². The Morgan fingerprint density at radius 2 is 1.89 bits per heavy atom. The zero-order valence-corrected chi connectivity index (χ0v) is 12.5. The van der Waals surface area contributed by atoms with Gasteiger partial charge in [0.1, 0.15) is 5.82 Å². The lowest BCUT2D eigenvalue weighted by molar-refractivity contribution is 0.912. The molecule has 2 nitrogen and oxygen atoms in total. The number of imidazole rings is 1. The fraction of sp³-hybridized carbons (Fsp3) is 0.133. The lowest BCUT2D eigenvalue weighted by Gasteiger charge is -2.08. The Labute approximate surface area is 125 Å². The van der Waals surface area contributed by atoms with Gasteiger partial charge in [0.15, 0.2) is 0 Å². The maximum atomic E-state index is 5.89. The van der Waals surface area contributed by atoms with Crippen molar-refractivity contribution in [3.8, 4) is 5.69 Å². The van der Waals surface area contributed by atoms with Crippen LogP contribution < -0.4 is 0 Å². The summed E-state index contributed by atoms with van der Waals surface area (Å²) < 4.78 is 3.21. The van der Waals surface area contributed by atoms with Gasteiger partial charge in [-0.05, 0) is 30.3 Å². The van der Waals surface area contributed by atoms with Crippen LogP contribution in [0.1, 0.15) is 5.82 Å². The number of nitrogens with zero attached hydrogens (tertiary/aromatic N) is 2. The molecule has 0 aliphatic rings. The van der Waals surface area contributed by atoms with Crippen molar-refractivity contribution in [3.05, 3.63) is 58.8 Å². The van der Waals surface area contributed by atoms with Gasteiger partial charge in [0.25, 0.3) is 0 Å². The second-order valence-electron chi connectivity index (χ2n) is 4.27. The predicted octanol–water partition coefficient (Wildman–Crippen LogP) is 4.57. The summed E-state index contributed by atoms with van der Waals surface area (Å²) in [7, 11) is 0. The number of benzene rings is 2. The first-order chi connectivity index (χ1) is 9.29. The number of hydrogen-bond acceptors (Lipinski definition) is 1. The smallest absolute Gasteiger partial charge is 0.115 e. The monoisotopic (exact) mass is 334 g/mol. The maximum Gasteiger partial charge on any atom is 0.115 e. The summed E-state index contributed by atoms with van der Waals surface area (Å²) in [5.74, 6) is 1.56. The number of fused-ring (bicyclic) bond motifs is 1. The highest BCUT2D eigenvalue weighted by atomic mass is 79.9. The Balaban J connectivity index is 2.28. The first-order valence-corrected chi connectivity index (χ1v) is 7.40. The van der Waals surface area contributed by atoms with E-state index in [1.165, 1.54) is 0 Å². The third-order valence-corrected chi connectivity index (χ3v) is 3.70. The number of halogens is 2. The molecule has 1 heterocycles. The number of hydrogen-bond donors (Lipinski definition) is 0. The van der Waals surface area contributed by atoms with Crippen LogP contribution in [0.3, 0.4) is 0 Å². The maximum absolute atomic E-state index is 5.89. The molecule has 0 saturated carbocycles. The Morgan fingerprint density at radius 3 is 2.63 bits per heavy atom. The SMILES string of the molecule is ClCCc1nc2cc(Br)ccc2n1-c1ccccc1. The highest BCUT2D eigenvalue weighted by Gasteiger charge is 2.11. The highest BCUT2D eigenvalue weighted by molar-refractivity contribution is 9.10. The Bertz CT molecular complexity index is 707. The van der Waals surface area contributed by atoms with Crippen LogP contribution in [0.25, 0.3) is 16.7 Å². The Morgan fingerprint density at radius 1 is 1.11 bits per heavy atom. The molecular formula is C15H12BrClN2. The summed E-state index contributed by atoms with van der Waals surface area (Å²) >= 11 is 9.38. The quantitative estimate of drug-likeness (QED) is 0.641. The molecule has 0 spiro atoms. The van der Waals surface area contributed by atoms with Crippen molar-refractivity contribution in [2.75, 3.05) is 5.88 Å². The van der Waals surface area contributed by atoms with Crippen molar-refractivity contribution in [2.24, 2.45) is 0 Å². The van der Waals surface area contributed by atoms with Gasteiger partial charge in [-0.25, -0.2) is 4.98 Å². The lowest BCUT2D eigenvalue weighted by Crippen LogP contribution is -2.01. The van der Waals surface area contributed by atoms with E-state index in [-0.39, 0.29) is 0 Å². The van der Waals surface area contributed by atoms with Gasteiger partial charge >= 0.3 is 0 Å². The lowest BCUT2D eigenvalue weighted by atomic mass is 10.2. The first-order valence-electron chi connectivity index (χ1n) is 6.08. The topological polar surface area (TPSA) is 17.8 Å². The van der Waals surface area contributed by atoms with Crippen molar-refractivity contribution in [1.82, 2.24) is 9.55 Å². The van der Waals surface area contributed by atoms with Gasteiger partial charge in [-0.1, -0.05) is 34.1 Å². The second kappa shape index (κ2) is 5.35. The number of para-hydroxylation sites is 1. The van der Waals surface area contributed by atoms with Crippen LogP contribution in [-0.2, 0) is 6.42 Å². The molecular weight excluding hydrogens is 324 g/mol. The van der Waals surface area contributed by atoms with Gasteiger partial charge in [0, 0.05) is 22.5 Å². The van der Waals surface area contributed by atoms with E-state index in [1.54, 1.807) is 0 Å². The van der Waals surface area contributed by atoms with E-state index in [0.717, 1.165) is 33.4 Å². The molecule has 0 radical (unpaired) electrons. The molecule has 2 aromatic carbocycles. The molecule has 0 saturated heterocycles. The molecule has 0 fully saturated rings. The van der Waals surface area contributed by atoms with E-state index in [0.29, 0.717) is 5.88 Å². The fourth-order valence-electron chi connectivity index (χ4n) is 2.22. The standard InChI is InChI=1S/C15H12BrClN2/c16-11-6-7-14-13(10-11)18-15(8-9-17)19(14)12-4-2-1-3-5-12/h1-7,10H,8-9H2. The summed E-state index contributed by atoms with van der Waals surface area (Å²) in [5.41, 5.74) is 3.21. The fourth-order valence-corrected chi connectivity index (χ4v) is 2.74. The van der Waals surface area contributed by atoms with Gasteiger partial charge in [0.2, 0.25) is 0 Å². The average molecular weight is 336 g/mol. The van der Waals surface area contributed by atoms with Crippen LogP contribution in [0.15, 0.2) is 53.0 Å². The normalized spacial score (nSPS) is 11.1. The highest BCUT2D eigenvalue weighted by Crippen LogP contribution is 2.24. The molecule has 0 aliphatic carbocycles. The molecule has 0 unspecified atom stereocenters. The summed E-state index contributed by atoms with van der Waals surface area (Å²) in [6, 6.07) is 16.4. The van der Waals surface area contributed by atoms with Crippen molar-refractivity contribution < 1.29 is 0 Å². The van der Waals surface area contributed by atoms with E-state index >= 15 is 0 Å². The van der Waals surface area contributed by atoms with E-state index in [1.807, 2.05) is 30.3 Å². The molecule has 0 N–H and O–H groups in total. The van der Waals surface area contributed by atoms with E-state index in [2.05, 4.69) is 43.7 Å². The van der Waals surface area contributed by atoms with Crippen molar-refractivity contribution in [1.29, 1.82) is 0 Å². The molecule has 96 valence electrons. The van der Waals surface area contributed by atoms with Crippen molar-refractivity contribution in [2.45, 2.75) is 6.42 Å². The molecule has 3 aromatic rings. The minimum atomic E-state index is 0.567. The van der Waals surface area contributed by atoms with Crippen molar-refractivity contribution >= 4 is 38.6 Å². The molecule has 1 aromatic heterocycles. The predicted molar refractivity (Wildman–Crippen MR) is 83.2 cm³/mol. The van der Waals surface area contributed by atoms with Gasteiger partial charge < -0.3 is 0 Å². The number of aromatic nitrogens is 2. The van der Waals surface area contributed by atoms with Gasteiger partial charge in [-0.15, -0.1) is 11.6 Å². The second-order valence-corrected chi connectivity index (χ2v) is 5.56. The molecule has 0 atom stereocenters. The summed E-state index contributed by atoms with van der Waals surface area (Å²) in [6.07, 6.45) is 0.753. The minimum absolute atomic E-state index is 0.567. The minimum Gasteiger partial charge on any atom is -0.296 e. The summed E-state index contributed by atoms with van der Waals surface area (Å²) in [5, 5.41) is 0. The Hall–Kier alpha value is -1.32. The zero-order chi connectivity index (χ0) is 13.2. The molecule has 19 heavy (non-hydrogen) atoms. The Kier molecular flexibility index (Phi) is 3.58. The molecule has 0 bridgehead atoms. The third-order valence-electron chi connectivity index (χ3n) is 3.02. The van der Waals surface area contributed by atoms with Crippen molar-refractivity contribution in [3.63, 3.8) is 0 Å². The van der Waals surface area contributed by atoms with Gasteiger partial charge in [0.05, 0.1) is 11.0 Å². The van der Waals surface area contributed by atoms with Crippen LogP contribution in [0.2, 0.25) is 0 Å². The third kappa shape index (κ3) is 2.40. The van der Waals surface area contributed by atoms with Crippen LogP contribution in [-0.4, -0.2) is 15.4 Å². The average Bonchev–Trinajstić information content (AvgIpc) is 2.77. The summed E-state index contributed by atoms with van der Waals surface area (Å²) in [4.78, 5) is 4.69. The van der Waals surface area contributed by atoms with Crippen LogP contribution in [0, 0.1) is 0 Å². The molecule has 4 heteroatoms. The number of alkyl halides is 1. The van der Waals surface area contributed by atoms with E-state index in [4.69, 9.17) is 11.6 Å².